The molecule has 1 fully saturated rings. The summed E-state index contributed by atoms with van der Waals surface area (Å²) in [6.07, 6.45) is 6.04. The van der Waals surface area contributed by atoms with Crippen molar-refractivity contribution in [2.45, 2.75) is 37.0 Å². The van der Waals surface area contributed by atoms with Crippen LogP contribution in [-0.4, -0.2) is 34.8 Å². The summed E-state index contributed by atoms with van der Waals surface area (Å²) < 4.78 is 0. The fourth-order valence-electron chi connectivity index (χ4n) is 2.31. The first-order valence-electron chi connectivity index (χ1n) is 6.95. The summed E-state index contributed by atoms with van der Waals surface area (Å²) in [6, 6.07) is 7.07. The average molecular weight is 279 g/mol. The van der Waals surface area contributed by atoms with E-state index in [2.05, 4.69) is 0 Å². The Morgan fingerprint density at radius 1 is 1.16 bits per heavy atom. The molecule has 0 spiro atoms. The van der Waals surface area contributed by atoms with Crippen LogP contribution in [-0.2, 0) is 4.79 Å². The summed E-state index contributed by atoms with van der Waals surface area (Å²) in [5, 5.41) is 9.39. The van der Waals surface area contributed by atoms with E-state index < -0.39 is 0 Å². The summed E-state index contributed by atoms with van der Waals surface area (Å²) in [4.78, 5) is 15.1. The van der Waals surface area contributed by atoms with Crippen LogP contribution >= 0.6 is 11.8 Å². The van der Waals surface area contributed by atoms with Crippen molar-refractivity contribution >= 4 is 17.7 Å². The molecule has 1 heterocycles. The molecule has 4 heteroatoms. The van der Waals surface area contributed by atoms with Gasteiger partial charge in [-0.15, -0.1) is 11.8 Å². The molecule has 0 radical (unpaired) electrons. The number of phenols is 1. The minimum absolute atomic E-state index is 0.218. The van der Waals surface area contributed by atoms with Gasteiger partial charge in [0.1, 0.15) is 5.75 Å². The summed E-state index contributed by atoms with van der Waals surface area (Å²) in [7, 11) is 0. The third-order valence-corrected chi connectivity index (χ3v) is 4.37. The smallest absolute Gasteiger partial charge is 0.232 e. The van der Waals surface area contributed by atoms with E-state index in [1.807, 2.05) is 11.0 Å². The SMILES string of the molecule is O=C(CSc1cccc(O)c1)N1CCCCCCC1. The number of amides is 1. The molecular formula is C15H21NO2S. The van der Waals surface area contributed by atoms with Gasteiger partial charge in [-0.05, 0) is 31.0 Å². The summed E-state index contributed by atoms with van der Waals surface area (Å²) in [6.45, 7) is 1.80. The highest BCUT2D eigenvalue weighted by molar-refractivity contribution is 8.00. The molecule has 104 valence electrons. The van der Waals surface area contributed by atoms with E-state index in [9.17, 15) is 9.90 Å². The van der Waals surface area contributed by atoms with Crippen LogP contribution in [0.2, 0.25) is 0 Å². The van der Waals surface area contributed by atoms with Crippen molar-refractivity contribution in [3.8, 4) is 5.75 Å². The lowest BCUT2D eigenvalue weighted by atomic mass is 10.1. The Balaban J connectivity index is 1.82. The Labute approximate surface area is 119 Å². The fraction of sp³-hybridized carbons (Fsp3) is 0.533. The predicted molar refractivity (Wildman–Crippen MR) is 78.5 cm³/mol. The van der Waals surface area contributed by atoms with E-state index in [4.69, 9.17) is 0 Å². The van der Waals surface area contributed by atoms with Crippen LogP contribution in [0.5, 0.6) is 5.75 Å². The average Bonchev–Trinajstić information content (AvgIpc) is 2.36. The van der Waals surface area contributed by atoms with Gasteiger partial charge in [0.05, 0.1) is 5.75 Å². The number of aromatic hydroxyl groups is 1. The normalized spacial score (nSPS) is 16.7. The highest BCUT2D eigenvalue weighted by atomic mass is 32.2. The van der Waals surface area contributed by atoms with E-state index >= 15 is 0 Å². The third-order valence-electron chi connectivity index (χ3n) is 3.39. The van der Waals surface area contributed by atoms with Crippen molar-refractivity contribution in [2.75, 3.05) is 18.8 Å². The zero-order valence-electron chi connectivity index (χ0n) is 11.2. The Morgan fingerprint density at radius 2 is 1.84 bits per heavy atom. The predicted octanol–water partition coefficient (Wildman–Crippen LogP) is 3.28. The maximum Gasteiger partial charge on any atom is 0.232 e. The summed E-state index contributed by atoms with van der Waals surface area (Å²) in [5.41, 5.74) is 0. The highest BCUT2D eigenvalue weighted by Gasteiger charge is 2.14. The number of carbonyl (C=O) groups excluding carboxylic acids is 1. The number of rotatable bonds is 3. The molecule has 2 rings (SSSR count). The van der Waals surface area contributed by atoms with Crippen LogP contribution in [0.25, 0.3) is 0 Å². The van der Waals surface area contributed by atoms with Gasteiger partial charge in [0, 0.05) is 18.0 Å². The van der Waals surface area contributed by atoms with Crippen molar-refractivity contribution in [3.63, 3.8) is 0 Å². The molecule has 1 amide bonds. The molecule has 0 atom stereocenters. The van der Waals surface area contributed by atoms with Gasteiger partial charge in [-0.25, -0.2) is 0 Å². The van der Waals surface area contributed by atoms with Crippen LogP contribution in [0.15, 0.2) is 29.2 Å². The lowest BCUT2D eigenvalue weighted by Gasteiger charge is -2.24. The van der Waals surface area contributed by atoms with Gasteiger partial charge < -0.3 is 10.0 Å². The topological polar surface area (TPSA) is 40.5 Å². The number of carbonyl (C=O) groups is 1. The van der Waals surface area contributed by atoms with E-state index in [0.717, 1.165) is 30.8 Å². The lowest BCUT2D eigenvalue weighted by Crippen LogP contribution is -2.35. The Morgan fingerprint density at radius 3 is 2.53 bits per heavy atom. The Kier molecular flexibility index (Phi) is 5.58. The maximum absolute atomic E-state index is 12.2. The van der Waals surface area contributed by atoms with Crippen LogP contribution in [0, 0.1) is 0 Å². The molecule has 1 saturated heterocycles. The molecule has 1 aliphatic rings. The first-order valence-corrected chi connectivity index (χ1v) is 7.94. The number of phenolic OH excluding ortho intramolecular Hbond substituents is 1. The van der Waals surface area contributed by atoms with Gasteiger partial charge in [0.25, 0.3) is 0 Å². The number of hydrogen-bond donors (Lipinski definition) is 1. The van der Waals surface area contributed by atoms with Crippen LogP contribution < -0.4 is 0 Å². The van der Waals surface area contributed by atoms with E-state index in [1.165, 1.54) is 31.0 Å². The van der Waals surface area contributed by atoms with Crippen LogP contribution in [0.1, 0.15) is 32.1 Å². The second-order valence-electron chi connectivity index (χ2n) is 4.93. The van der Waals surface area contributed by atoms with Crippen molar-refractivity contribution in [2.24, 2.45) is 0 Å². The van der Waals surface area contributed by atoms with Crippen molar-refractivity contribution < 1.29 is 9.90 Å². The van der Waals surface area contributed by atoms with E-state index in [-0.39, 0.29) is 11.7 Å². The molecule has 0 bridgehead atoms. The zero-order valence-corrected chi connectivity index (χ0v) is 12.0. The minimum atomic E-state index is 0.218. The molecule has 0 saturated carbocycles. The molecule has 1 aromatic carbocycles. The van der Waals surface area contributed by atoms with Crippen molar-refractivity contribution in [1.29, 1.82) is 0 Å². The standard InChI is InChI=1S/C15H21NO2S/c17-13-7-6-8-14(11-13)19-12-15(18)16-9-4-2-1-3-5-10-16/h6-8,11,17H,1-5,9-10,12H2. The molecule has 1 aliphatic heterocycles. The number of thioether (sulfide) groups is 1. The largest absolute Gasteiger partial charge is 0.508 e. The molecule has 0 unspecified atom stereocenters. The fourth-order valence-corrected chi connectivity index (χ4v) is 3.16. The first-order chi connectivity index (χ1) is 9.25. The number of hydrogen-bond acceptors (Lipinski definition) is 3. The minimum Gasteiger partial charge on any atom is -0.508 e. The number of nitrogens with zero attached hydrogens (tertiary/aromatic N) is 1. The zero-order chi connectivity index (χ0) is 13.5. The van der Waals surface area contributed by atoms with Crippen LogP contribution in [0.4, 0.5) is 0 Å². The van der Waals surface area contributed by atoms with Gasteiger partial charge in [-0.1, -0.05) is 25.3 Å². The third kappa shape index (κ3) is 4.78. The maximum atomic E-state index is 12.2. The molecule has 1 aromatic rings. The lowest BCUT2D eigenvalue weighted by molar-refractivity contribution is -0.128. The van der Waals surface area contributed by atoms with Crippen molar-refractivity contribution in [1.82, 2.24) is 4.90 Å². The monoisotopic (exact) mass is 279 g/mol. The Bertz CT molecular complexity index is 414. The van der Waals surface area contributed by atoms with Gasteiger partial charge in [-0.3, -0.25) is 4.79 Å². The van der Waals surface area contributed by atoms with E-state index in [0.29, 0.717) is 5.75 Å². The molecule has 1 N–H and O–H groups in total. The van der Waals surface area contributed by atoms with Gasteiger partial charge >= 0.3 is 0 Å². The van der Waals surface area contributed by atoms with E-state index in [1.54, 1.807) is 18.2 Å². The second-order valence-corrected chi connectivity index (χ2v) is 5.98. The summed E-state index contributed by atoms with van der Waals surface area (Å²) in [5.74, 6) is 0.933. The first kappa shape index (κ1) is 14.3. The molecule has 0 aliphatic carbocycles. The van der Waals surface area contributed by atoms with Gasteiger partial charge in [0.2, 0.25) is 5.91 Å². The number of benzene rings is 1. The molecular weight excluding hydrogens is 258 g/mol. The molecule has 0 aromatic heterocycles. The van der Waals surface area contributed by atoms with Crippen LogP contribution in [0.3, 0.4) is 0 Å². The summed E-state index contributed by atoms with van der Waals surface area (Å²) >= 11 is 1.50. The second kappa shape index (κ2) is 7.43. The number of likely N-dealkylation sites (tertiary alicyclic amines) is 1. The Hall–Kier alpha value is -1.16. The molecule has 19 heavy (non-hydrogen) atoms. The quantitative estimate of drug-likeness (QED) is 0.863. The highest BCUT2D eigenvalue weighted by Crippen LogP contribution is 2.22. The van der Waals surface area contributed by atoms with Gasteiger partial charge in [-0.2, -0.15) is 0 Å². The van der Waals surface area contributed by atoms with Gasteiger partial charge in [0.15, 0.2) is 0 Å². The molecule has 3 nitrogen and oxygen atoms in total. The van der Waals surface area contributed by atoms with Crippen molar-refractivity contribution in [3.05, 3.63) is 24.3 Å².